The first-order chi connectivity index (χ1) is 19.3. The first-order valence-corrected chi connectivity index (χ1v) is 14.8. The van der Waals surface area contributed by atoms with Crippen LogP contribution in [-0.2, 0) is 19.1 Å². The maximum Gasteiger partial charge on any atom is 0.312 e. The maximum atomic E-state index is 13.2. The highest BCUT2D eigenvalue weighted by Gasteiger charge is 2.52. The van der Waals surface area contributed by atoms with E-state index in [1.165, 1.54) is 6.42 Å². The highest BCUT2D eigenvalue weighted by Crippen LogP contribution is 2.51. The second-order valence-corrected chi connectivity index (χ2v) is 11.9. The summed E-state index contributed by atoms with van der Waals surface area (Å²) in [6.45, 7) is 3.68. The molecular formula is C30H41N5O5. The normalized spacial score (nSPS) is 29.4. The number of aliphatic hydroxyl groups is 1. The summed E-state index contributed by atoms with van der Waals surface area (Å²) in [5.41, 5.74) is -1.01. The van der Waals surface area contributed by atoms with Gasteiger partial charge in [-0.05, 0) is 57.8 Å². The van der Waals surface area contributed by atoms with Crippen molar-refractivity contribution < 1.29 is 24.2 Å². The number of nitrogens with one attached hydrogen (secondary N) is 1. The van der Waals surface area contributed by atoms with E-state index >= 15 is 0 Å². The van der Waals surface area contributed by atoms with Gasteiger partial charge in [0, 0.05) is 12.8 Å². The fourth-order valence-corrected chi connectivity index (χ4v) is 6.51. The monoisotopic (exact) mass is 551 g/mol. The molecule has 2 aromatic heterocycles. The Balaban J connectivity index is 1.27. The van der Waals surface area contributed by atoms with Gasteiger partial charge in [0.1, 0.15) is 24.8 Å². The molecule has 10 nitrogen and oxygen atoms in total. The predicted molar refractivity (Wildman–Crippen MR) is 149 cm³/mol. The van der Waals surface area contributed by atoms with Crippen LogP contribution in [0.4, 0.5) is 5.82 Å². The average Bonchev–Trinajstić information content (AvgIpc) is 3.53. The zero-order valence-corrected chi connectivity index (χ0v) is 23.7. The van der Waals surface area contributed by atoms with Crippen LogP contribution in [0, 0.1) is 30.6 Å². The van der Waals surface area contributed by atoms with Gasteiger partial charge in [0.25, 0.3) is 0 Å². The number of amides is 1. The molecule has 3 aliphatic carbocycles. The van der Waals surface area contributed by atoms with Crippen molar-refractivity contribution in [3.05, 3.63) is 12.2 Å². The van der Waals surface area contributed by atoms with Gasteiger partial charge in [0.05, 0.1) is 11.7 Å². The third-order valence-electron chi connectivity index (χ3n) is 9.11. The Morgan fingerprint density at radius 1 is 1.20 bits per heavy atom. The average molecular weight is 552 g/mol. The number of hydrogen-bond acceptors (Lipinski definition) is 8. The standard InChI is InChI=1S/C30H41N5O5/c1-4-6-7-8-9-10-23(37)34-26-25-27(33-20(3)32-26)35(19-31-25)24-17-22(36)30(5-2,40-24)18-39-28(38)29-14-11-21(12-15-29)13-16-29/h2,19,21-22,24,36H,4,6-18H2,1,3H3,(H,32,33,34,37)/t21?,22-,24+,29?,30+/m0/s1. The van der Waals surface area contributed by atoms with Crippen molar-refractivity contribution in [1.29, 1.82) is 0 Å². The van der Waals surface area contributed by atoms with E-state index in [1.807, 2.05) is 0 Å². The molecule has 1 saturated heterocycles. The van der Waals surface area contributed by atoms with E-state index in [1.54, 1.807) is 17.8 Å². The molecule has 0 aromatic carbocycles. The molecule has 4 fully saturated rings. The SMILES string of the molecule is C#C[C@]1(COC(=O)C23CCC(CC2)CC3)O[C@@H](n2cnc3c(NC(=O)CCCCCCC)nc(C)nc32)C[C@@H]1O. The zero-order chi connectivity index (χ0) is 28.3. The Hall–Kier alpha value is -3.03. The van der Waals surface area contributed by atoms with E-state index < -0.39 is 23.3 Å². The summed E-state index contributed by atoms with van der Waals surface area (Å²) in [4.78, 5) is 39.2. The van der Waals surface area contributed by atoms with Crippen LogP contribution in [0.25, 0.3) is 11.2 Å². The van der Waals surface area contributed by atoms with Crippen LogP contribution >= 0.6 is 0 Å². The third-order valence-corrected chi connectivity index (χ3v) is 9.11. The summed E-state index contributed by atoms with van der Waals surface area (Å²) in [5, 5.41) is 13.9. The van der Waals surface area contributed by atoms with Gasteiger partial charge in [-0.3, -0.25) is 14.2 Å². The fraction of sp³-hybridized carbons (Fsp3) is 0.700. The lowest BCUT2D eigenvalue weighted by molar-refractivity contribution is -0.173. The molecule has 3 saturated carbocycles. The first-order valence-electron chi connectivity index (χ1n) is 14.8. The molecule has 0 radical (unpaired) electrons. The van der Waals surface area contributed by atoms with Gasteiger partial charge in [-0.2, -0.15) is 0 Å². The van der Waals surface area contributed by atoms with E-state index in [0.29, 0.717) is 29.2 Å². The highest BCUT2D eigenvalue weighted by atomic mass is 16.6. The number of anilines is 1. The molecule has 0 spiro atoms. The second-order valence-electron chi connectivity index (χ2n) is 11.9. The van der Waals surface area contributed by atoms with Crippen molar-refractivity contribution in [2.75, 3.05) is 11.9 Å². The van der Waals surface area contributed by atoms with Crippen LogP contribution in [0.5, 0.6) is 0 Å². The third kappa shape index (κ3) is 5.59. The molecular weight excluding hydrogens is 510 g/mol. The number of carbonyl (C=O) groups is 2. The van der Waals surface area contributed by atoms with Crippen LogP contribution in [0.1, 0.15) is 102 Å². The topological polar surface area (TPSA) is 128 Å². The minimum atomic E-state index is -1.48. The quantitative estimate of drug-likeness (QED) is 0.236. The lowest BCUT2D eigenvalue weighted by atomic mass is 9.61. The van der Waals surface area contributed by atoms with E-state index in [4.69, 9.17) is 15.9 Å². The van der Waals surface area contributed by atoms with Crippen molar-refractivity contribution in [3.8, 4) is 12.3 Å². The number of nitrogens with zero attached hydrogens (tertiary/aromatic N) is 4. The summed E-state index contributed by atoms with van der Waals surface area (Å²) < 4.78 is 13.7. The molecule has 2 aromatic rings. The number of ether oxygens (including phenoxy) is 2. The maximum absolute atomic E-state index is 13.2. The number of unbranched alkanes of at least 4 members (excludes halogenated alkanes) is 4. The lowest BCUT2D eigenvalue weighted by Crippen LogP contribution is -2.47. The van der Waals surface area contributed by atoms with Crippen LogP contribution in [0.3, 0.4) is 0 Å². The molecule has 10 heteroatoms. The summed E-state index contributed by atoms with van der Waals surface area (Å²) in [6.07, 6.45) is 17.3. The Kier molecular flexibility index (Phi) is 8.43. The number of aryl methyl sites for hydroxylation is 1. The van der Waals surface area contributed by atoms with Crippen molar-refractivity contribution >= 4 is 28.9 Å². The van der Waals surface area contributed by atoms with Gasteiger partial charge in [-0.25, -0.2) is 15.0 Å². The van der Waals surface area contributed by atoms with E-state index in [2.05, 4.69) is 33.1 Å². The number of imidazole rings is 1. The summed E-state index contributed by atoms with van der Waals surface area (Å²) in [5.74, 6) is 3.76. The fourth-order valence-electron chi connectivity index (χ4n) is 6.51. The Labute approximate surface area is 235 Å². The number of carbonyl (C=O) groups excluding carboxylic acids is 2. The summed E-state index contributed by atoms with van der Waals surface area (Å²) in [6, 6.07) is 0. The van der Waals surface area contributed by atoms with Crippen molar-refractivity contribution in [2.24, 2.45) is 11.3 Å². The lowest BCUT2D eigenvalue weighted by Gasteiger charge is -2.44. The largest absolute Gasteiger partial charge is 0.461 e. The van der Waals surface area contributed by atoms with E-state index in [0.717, 1.165) is 70.1 Å². The Morgan fingerprint density at radius 2 is 1.93 bits per heavy atom. The van der Waals surface area contributed by atoms with Crippen molar-refractivity contribution in [2.45, 2.75) is 115 Å². The summed E-state index contributed by atoms with van der Waals surface area (Å²) in [7, 11) is 0. The first kappa shape index (κ1) is 28.5. The molecule has 2 N–H and O–H groups in total. The molecule has 1 aliphatic heterocycles. The number of aromatic nitrogens is 4. The van der Waals surface area contributed by atoms with Crippen molar-refractivity contribution in [3.63, 3.8) is 0 Å². The summed E-state index contributed by atoms with van der Waals surface area (Å²) >= 11 is 0. The molecule has 2 bridgehead atoms. The highest BCUT2D eigenvalue weighted by molar-refractivity contribution is 5.96. The molecule has 3 heterocycles. The predicted octanol–water partition coefficient (Wildman–Crippen LogP) is 4.60. The van der Waals surface area contributed by atoms with Gasteiger partial charge >= 0.3 is 5.97 Å². The number of terminal acetylenes is 1. The van der Waals surface area contributed by atoms with Gasteiger partial charge < -0.3 is 19.9 Å². The number of aliphatic hydroxyl groups excluding tert-OH is 1. The van der Waals surface area contributed by atoms with Crippen LogP contribution in [-0.4, -0.2) is 54.8 Å². The van der Waals surface area contributed by atoms with Crippen LogP contribution in [0.15, 0.2) is 6.33 Å². The number of fused-ring (bicyclic) bond motifs is 4. The zero-order valence-electron chi connectivity index (χ0n) is 23.7. The van der Waals surface area contributed by atoms with Gasteiger partial charge in [-0.1, -0.05) is 38.5 Å². The number of esters is 1. The smallest absolute Gasteiger partial charge is 0.312 e. The Bertz CT molecular complexity index is 1260. The van der Waals surface area contributed by atoms with Gasteiger partial charge in [0.2, 0.25) is 5.91 Å². The van der Waals surface area contributed by atoms with Crippen LogP contribution < -0.4 is 5.32 Å². The van der Waals surface area contributed by atoms with Gasteiger partial charge in [0.15, 0.2) is 22.6 Å². The number of rotatable bonds is 11. The van der Waals surface area contributed by atoms with Crippen LogP contribution in [0.2, 0.25) is 0 Å². The van der Waals surface area contributed by atoms with E-state index in [-0.39, 0.29) is 24.9 Å². The van der Waals surface area contributed by atoms with E-state index in [9.17, 15) is 14.7 Å². The second kappa shape index (κ2) is 11.8. The minimum absolute atomic E-state index is 0.114. The molecule has 216 valence electrons. The molecule has 3 atom stereocenters. The van der Waals surface area contributed by atoms with Crippen molar-refractivity contribution in [1.82, 2.24) is 19.5 Å². The minimum Gasteiger partial charge on any atom is -0.461 e. The molecule has 0 unspecified atom stereocenters. The molecule has 6 rings (SSSR count). The Morgan fingerprint density at radius 3 is 2.62 bits per heavy atom. The number of hydrogen-bond donors (Lipinski definition) is 2. The molecule has 40 heavy (non-hydrogen) atoms. The van der Waals surface area contributed by atoms with Gasteiger partial charge in [-0.15, -0.1) is 6.42 Å². The molecule has 4 aliphatic rings. The molecule has 1 amide bonds.